The fourth-order valence-electron chi connectivity index (χ4n) is 3.79. The Labute approximate surface area is 134 Å². The van der Waals surface area contributed by atoms with Gasteiger partial charge in [0.1, 0.15) is 5.75 Å². The van der Waals surface area contributed by atoms with Crippen molar-refractivity contribution in [1.29, 1.82) is 0 Å². The summed E-state index contributed by atoms with van der Waals surface area (Å²) in [4.78, 5) is 2.32. The molecule has 0 fully saturated rings. The van der Waals surface area contributed by atoms with Gasteiger partial charge in [0.15, 0.2) is 11.5 Å². The summed E-state index contributed by atoms with van der Waals surface area (Å²) >= 11 is 0. The monoisotopic (exact) mass is 307 g/mol. The number of hydrogen-bond acceptors (Lipinski definition) is 4. The number of nitrogens with zero attached hydrogens (tertiary/aromatic N) is 1. The molecule has 0 N–H and O–H groups in total. The molecular formula is C19H17NO3. The normalized spacial score (nSPS) is 15.5. The highest BCUT2D eigenvalue weighted by Gasteiger charge is 2.26. The van der Waals surface area contributed by atoms with Crippen LogP contribution in [-0.2, 0) is 6.42 Å². The Bertz CT molecular complexity index is 964. The summed E-state index contributed by atoms with van der Waals surface area (Å²) in [6.45, 7) is 1.31. The fourth-order valence-corrected chi connectivity index (χ4v) is 3.79. The standard InChI is InChI=1S/C19H17NO3/c1-20-6-5-11-9-16-19(23-10-22-16)18-14-4-3-13(21-2)7-12(14)8-15(20)17(11)18/h3-4,7-9H,5-6,10H2,1-2H3. The maximum absolute atomic E-state index is 5.82. The molecule has 2 heterocycles. The smallest absolute Gasteiger partial charge is 0.231 e. The van der Waals surface area contributed by atoms with E-state index in [-0.39, 0.29) is 0 Å². The first-order valence-electron chi connectivity index (χ1n) is 7.83. The van der Waals surface area contributed by atoms with E-state index in [9.17, 15) is 0 Å². The summed E-state index contributed by atoms with van der Waals surface area (Å²) < 4.78 is 16.9. The van der Waals surface area contributed by atoms with Gasteiger partial charge in [-0.25, -0.2) is 0 Å². The van der Waals surface area contributed by atoms with E-state index in [1.807, 2.05) is 6.07 Å². The van der Waals surface area contributed by atoms with Gasteiger partial charge in [-0.15, -0.1) is 0 Å². The van der Waals surface area contributed by atoms with Crippen molar-refractivity contribution in [2.75, 3.05) is 32.4 Å². The molecule has 23 heavy (non-hydrogen) atoms. The van der Waals surface area contributed by atoms with Gasteiger partial charge >= 0.3 is 0 Å². The highest BCUT2D eigenvalue weighted by atomic mass is 16.7. The van der Waals surface area contributed by atoms with Gasteiger partial charge < -0.3 is 19.1 Å². The van der Waals surface area contributed by atoms with Gasteiger partial charge in [0.2, 0.25) is 6.79 Å². The van der Waals surface area contributed by atoms with Gasteiger partial charge in [0, 0.05) is 30.1 Å². The van der Waals surface area contributed by atoms with Crippen LogP contribution in [0.3, 0.4) is 0 Å². The van der Waals surface area contributed by atoms with Crippen molar-refractivity contribution >= 4 is 27.2 Å². The number of benzene rings is 3. The molecule has 0 radical (unpaired) electrons. The summed E-state index contributed by atoms with van der Waals surface area (Å²) in [5, 5.41) is 4.80. The summed E-state index contributed by atoms with van der Waals surface area (Å²) in [6, 6.07) is 10.6. The Morgan fingerprint density at radius 2 is 2.00 bits per heavy atom. The predicted octanol–water partition coefficient (Wildman–Crippen LogP) is 3.72. The quantitative estimate of drug-likeness (QED) is 0.641. The molecule has 4 heteroatoms. The number of hydrogen-bond donors (Lipinski definition) is 0. The van der Waals surface area contributed by atoms with Crippen molar-refractivity contribution in [3.05, 3.63) is 35.9 Å². The number of methoxy groups -OCH3 is 1. The average molecular weight is 307 g/mol. The van der Waals surface area contributed by atoms with Gasteiger partial charge in [-0.1, -0.05) is 0 Å². The summed E-state index contributed by atoms with van der Waals surface area (Å²) in [5.74, 6) is 2.61. The first-order valence-corrected chi connectivity index (χ1v) is 7.83. The van der Waals surface area contributed by atoms with E-state index >= 15 is 0 Å². The lowest BCUT2D eigenvalue weighted by molar-refractivity contribution is 0.175. The molecule has 0 spiro atoms. The molecule has 5 rings (SSSR count). The largest absolute Gasteiger partial charge is 0.497 e. The van der Waals surface area contributed by atoms with Crippen LogP contribution in [0.2, 0.25) is 0 Å². The number of likely N-dealkylation sites (N-methyl/N-ethyl adjacent to an activating group) is 1. The van der Waals surface area contributed by atoms with Crippen LogP contribution >= 0.6 is 0 Å². The summed E-state index contributed by atoms with van der Waals surface area (Å²) in [7, 11) is 3.85. The van der Waals surface area contributed by atoms with Crippen molar-refractivity contribution < 1.29 is 14.2 Å². The van der Waals surface area contributed by atoms with Crippen LogP contribution in [0.15, 0.2) is 30.3 Å². The second-order valence-corrected chi connectivity index (χ2v) is 6.17. The summed E-state index contributed by atoms with van der Waals surface area (Å²) in [6.07, 6.45) is 1.03. The maximum atomic E-state index is 5.82. The Kier molecular flexibility index (Phi) is 2.49. The molecule has 0 saturated heterocycles. The molecule has 0 saturated carbocycles. The lowest BCUT2D eigenvalue weighted by Gasteiger charge is -2.29. The second kappa shape index (κ2) is 4.44. The lowest BCUT2D eigenvalue weighted by Crippen LogP contribution is -2.24. The van der Waals surface area contributed by atoms with Crippen molar-refractivity contribution in [3.63, 3.8) is 0 Å². The van der Waals surface area contributed by atoms with E-state index in [0.29, 0.717) is 6.79 Å². The molecule has 2 aliphatic rings. The zero-order valence-corrected chi connectivity index (χ0v) is 13.2. The first-order chi connectivity index (χ1) is 11.3. The van der Waals surface area contributed by atoms with Crippen LogP contribution in [0.5, 0.6) is 17.2 Å². The van der Waals surface area contributed by atoms with Gasteiger partial charge in [-0.2, -0.15) is 0 Å². The Morgan fingerprint density at radius 3 is 2.87 bits per heavy atom. The number of rotatable bonds is 1. The van der Waals surface area contributed by atoms with E-state index in [4.69, 9.17) is 14.2 Å². The minimum Gasteiger partial charge on any atom is -0.497 e. The molecule has 0 bridgehead atoms. The average Bonchev–Trinajstić information content (AvgIpc) is 3.05. The SMILES string of the molecule is COc1ccc2c(c1)cc1c3c(cc4c(c32)OCO4)CCN1C. The molecular weight excluding hydrogens is 290 g/mol. The van der Waals surface area contributed by atoms with Crippen LogP contribution in [-0.4, -0.2) is 27.5 Å². The molecule has 4 nitrogen and oxygen atoms in total. The highest BCUT2D eigenvalue weighted by molar-refractivity contribution is 6.18. The molecule has 2 aliphatic heterocycles. The van der Waals surface area contributed by atoms with Crippen LogP contribution in [0, 0.1) is 0 Å². The minimum atomic E-state index is 0.297. The van der Waals surface area contributed by atoms with E-state index in [0.717, 1.165) is 41.0 Å². The number of ether oxygens (including phenoxy) is 3. The zero-order chi connectivity index (χ0) is 15.6. The van der Waals surface area contributed by atoms with Crippen molar-refractivity contribution in [2.45, 2.75) is 6.42 Å². The second-order valence-electron chi connectivity index (χ2n) is 6.17. The highest BCUT2D eigenvalue weighted by Crippen LogP contribution is 2.49. The maximum Gasteiger partial charge on any atom is 0.231 e. The zero-order valence-electron chi connectivity index (χ0n) is 13.2. The molecule has 0 aliphatic carbocycles. The number of fused-ring (bicyclic) bond motifs is 4. The molecule has 0 unspecified atom stereocenters. The van der Waals surface area contributed by atoms with Crippen LogP contribution in [0.4, 0.5) is 5.69 Å². The fraction of sp³-hybridized carbons (Fsp3) is 0.263. The Morgan fingerprint density at radius 1 is 1.09 bits per heavy atom. The van der Waals surface area contributed by atoms with Crippen LogP contribution in [0.1, 0.15) is 5.56 Å². The van der Waals surface area contributed by atoms with E-state index in [1.165, 1.54) is 22.0 Å². The third kappa shape index (κ3) is 1.66. The molecule has 3 aromatic rings. The van der Waals surface area contributed by atoms with E-state index in [1.54, 1.807) is 7.11 Å². The molecule has 116 valence electrons. The predicted molar refractivity (Wildman–Crippen MR) is 91.1 cm³/mol. The Hall–Kier alpha value is -2.62. The minimum absolute atomic E-state index is 0.297. The topological polar surface area (TPSA) is 30.9 Å². The van der Waals surface area contributed by atoms with Crippen molar-refractivity contribution in [1.82, 2.24) is 0 Å². The van der Waals surface area contributed by atoms with Gasteiger partial charge in [0.25, 0.3) is 0 Å². The molecule has 3 aromatic carbocycles. The molecule has 0 atom stereocenters. The van der Waals surface area contributed by atoms with Gasteiger partial charge in [0.05, 0.1) is 7.11 Å². The van der Waals surface area contributed by atoms with E-state index in [2.05, 4.69) is 36.2 Å². The third-order valence-corrected chi connectivity index (χ3v) is 4.95. The van der Waals surface area contributed by atoms with Crippen molar-refractivity contribution in [3.8, 4) is 17.2 Å². The third-order valence-electron chi connectivity index (χ3n) is 4.95. The number of anilines is 1. The Balaban J connectivity index is 2.01. The van der Waals surface area contributed by atoms with Gasteiger partial charge in [-0.3, -0.25) is 0 Å². The van der Waals surface area contributed by atoms with E-state index < -0.39 is 0 Å². The van der Waals surface area contributed by atoms with Crippen LogP contribution in [0.25, 0.3) is 21.5 Å². The first kappa shape index (κ1) is 12.9. The molecule has 0 aromatic heterocycles. The lowest BCUT2D eigenvalue weighted by atomic mass is 9.91. The summed E-state index contributed by atoms with van der Waals surface area (Å²) in [5.41, 5.74) is 2.59. The molecule has 0 amide bonds. The van der Waals surface area contributed by atoms with Gasteiger partial charge in [-0.05, 0) is 53.1 Å². The van der Waals surface area contributed by atoms with Crippen molar-refractivity contribution in [2.24, 2.45) is 0 Å². The van der Waals surface area contributed by atoms with Crippen LogP contribution < -0.4 is 19.1 Å².